The van der Waals surface area contributed by atoms with Gasteiger partial charge < -0.3 is 34.6 Å². The molecule has 2 aromatic rings. The molecule has 12 heteroatoms. The number of fused-ring (bicyclic) bond motifs is 2. The number of carbonyl (C=O) groups is 3. The van der Waals surface area contributed by atoms with Crippen molar-refractivity contribution in [2.45, 2.75) is 57.6 Å². The molecule has 3 aliphatic rings. The van der Waals surface area contributed by atoms with Crippen LogP contribution in [-0.4, -0.2) is 81.6 Å². The fraction of sp³-hybridized carbons (Fsp3) is 0.406. The van der Waals surface area contributed by atoms with Gasteiger partial charge in [0.1, 0.15) is 35.6 Å². The zero-order chi connectivity index (χ0) is 31.8. The second-order valence-electron chi connectivity index (χ2n) is 12.3. The topological polar surface area (TPSA) is 112 Å². The number of ether oxygens (including phenoxy) is 2. The first-order chi connectivity index (χ1) is 20.8. The summed E-state index contributed by atoms with van der Waals surface area (Å²) in [5.41, 5.74) is -0.806. The standard InChI is InChI=1S/C32H36F2N4O6/c1-31(2,3)44-30(42)37-13-12-32(19-37)18-36(4)29(41)25-27(43-17-20-8-6-5-7-9-20)26(39)23(16-38(25)32)28(40)35-15-21-10-11-22(33)14-24(21)34/h5-11,14,16,26,39H,12-13,15,17-19H2,1-4H3,(H,35,40). The van der Waals surface area contributed by atoms with Crippen molar-refractivity contribution in [1.29, 1.82) is 0 Å². The number of likely N-dealkylation sites (N-methyl/N-ethyl adjacent to an activating group) is 1. The van der Waals surface area contributed by atoms with Gasteiger partial charge in [0.25, 0.3) is 11.8 Å². The molecule has 2 fully saturated rings. The molecule has 234 valence electrons. The predicted octanol–water partition coefficient (Wildman–Crippen LogP) is 3.42. The molecule has 2 N–H and O–H groups in total. The number of hydrogen-bond donors (Lipinski definition) is 2. The van der Waals surface area contributed by atoms with Crippen molar-refractivity contribution in [3.05, 3.63) is 94.5 Å². The van der Waals surface area contributed by atoms with Crippen LogP contribution in [0, 0.1) is 11.6 Å². The first-order valence-electron chi connectivity index (χ1n) is 14.3. The second-order valence-corrected chi connectivity index (χ2v) is 12.3. The van der Waals surface area contributed by atoms with Crippen LogP contribution >= 0.6 is 0 Å². The third-order valence-electron chi connectivity index (χ3n) is 7.82. The fourth-order valence-electron chi connectivity index (χ4n) is 5.69. The number of aliphatic hydroxyl groups is 1. The molecule has 3 aliphatic heterocycles. The van der Waals surface area contributed by atoms with Gasteiger partial charge in [0.15, 0.2) is 5.76 Å². The van der Waals surface area contributed by atoms with Crippen LogP contribution in [-0.2, 0) is 32.2 Å². The maximum absolute atomic E-state index is 14.3. The highest BCUT2D eigenvalue weighted by molar-refractivity contribution is 5.99. The molecule has 3 amide bonds. The van der Waals surface area contributed by atoms with Gasteiger partial charge >= 0.3 is 6.09 Å². The average molecular weight is 611 g/mol. The highest BCUT2D eigenvalue weighted by Gasteiger charge is 2.54. The summed E-state index contributed by atoms with van der Waals surface area (Å²) in [5.74, 6) is -2.83. The lowest BCUT2D eigenvalue weighted by Crippen LogP contribution is -2.63. The van der Waals surface area contributed by atoms with Gasteiger partial charge in [0, 0.05) is 51.1 Å². The molecule has 0 bridgehead atoms. The molecule has 0 aliphatic carbocycles. The maximum atomic E-state index is 14.3. The number of piperazine rings is 1. The van der Waals surface area contributed by atoms with Crippen molar-refractivity contribution in [3.8, 4) is 0 Å². The Morgan fingerprint density at radius 3 is 2.52 bits per heavy atom. The fourth-order valence-corrected chi connectivity index (χ4v) is 5.69. The summed E-state index contributed by atoms with van der Waals surface area (Å²) in [7, 11) is 1.63. The normalized spacial score (nSPS) is 21.8. The van der Waals surface area contributed by atoms with Crippen molar-refractivity contribution >= 4 is 17.9 Å². The number of carbonyl (C=O) groups excluding carboxylic acids is 3. The molecule has 10 nitrogen and oxygen atoms in total. The number of rotatable bonds is 6. The molecule has 5 rings (SSSR count). The van der Waals surface area contributed by atoms with E-state index >= 15 is 0 Å². The average Bonchev–Trinajstić information content (AvgIpc) is 3.39. The van der Waals surface area contributed by atoms with E-state index < -0.39 is 46.8 Å². The highest BCUT2D eigenvalue weighted by atomic mass is 19.1. The number of nitrogens with zero attached hydrogens (tertiary/aromatic N) is 3. The Hall–Kier alpha value is -4.45. The zero-order valence-corrected chi connectivity index (χ0v) is 25.1. The lowest BCUT2D eigenvalue weighted by atomic mass is 9.88. The summed E-state index contributed by atoms with van der Waals surface area (Å²) < 4.78 is 39.4. The first-order valence-corrected chi connectivity index (χ1v) is 14.3. The maximum Gasteiger partial charge on any atom is 0.410 e. The van der Waals surface area contributed by atoms with E-state index in [-0.39, 0.29) is 48.8 Å². The molecule has 2 unspecified atom stereocenters. The van der Waals surface area contributed by atoms with Crippen LogP contribution in [0.3, 0.4) is 0 Å². The number of aliphatic hydroxyl groups excluding tert-OH is 1. The Labute approximate surface area is 254 Å². The van der Waals surface area contributed by atoms with Gasteiger partial charge in [0.05, 0.1) is 11.1 Å². The molecule has 0 saturated carbocycles. The van der Waals surface area contributed by atoms with Gasteiger partial charge in [-0.25, -0.2) is 13.6 Å². The molecule has 0 aromatic heterocycles. The van der Waals surface area contributed by atoms with Crippen LogP contribution in [0.25, 0.3) is 0 Å². The Balaban J connectivity index is 1.50. The molecule has 2 atom stereocenters. The summed E-state index contributed by atoms with van der Waals surface area (Å²) >= 11 is 0. The Morgan fingerprint density at radius 2 is 1.84 bits per heavy atom. The monoisotopic (exact) mass is 610 g/mol. The SMILES string of the molecule is CN1CC2(CCN(C(=O)OC(C)(C)C)C2)N2C=C(C(=O)NCc3ccc(F)cc3F)C(O)C(OCc3ccccc3)=C2C1=O. The smallest absolute Gasteiger partial charge is 0.410 e. The van der Waals surface area contributed by atoms with Crippen LogP contribution in [0.2, 0.25) is 0 Å². The molecular weight excluding hydrogens is 574 g/mol. The number of hydrogen-bond acceptors (Lipinski definition) is 7. The van der Waals surface area contributed by atoms with E-state index in [4.69, 9.17) is 9.47 Å². The van der Waals surface area contributed by atoms with Crippen molar-refractivity contribution in [1.82, 2.24) is 20.0 Å². The minimum Gasteiger partial charge on any atom is -0.488 e. The molecule has 2 saturated heterocycles. The van der Waals surface area contributed by atoms with Crippen molar-refractivity contribution in [3.63, 3.8) is 0 Å². The van der Waals surface area contributed by atoms with Gasteiger partial charge in [-0.15, -0.1) is 0 Å². The molecule has 44 heavy (non-hydrogen) atoms. The van der Waals surface area contributed by atoms with Crippen LogP contribution in [0.1, 0.15) is 38.3 Å². The van der Waals surface area contributed by atoms with E-state index in [2.05, 4.69) is 5.32 Å². The Bertz CT molecular complexity index is 1520. The van der Waals surface area contributed by atoms with E-state index in [0.29, 0.717) is 13.0 Å². The molecule has 3 heterocycles. The van der Waals surface area contributed by atoms with E-state index in [1.54, 1.807) is 37.6 Å². The van der Waals surface area contributed by atoms with Crippen molar-refractivity contribution < 1.29 is 37.7 Å². The van der Waals surface area contributed by atoms with Crippen molar-refractivity contribution in [2.75, 3.05) is 26.7 Å². The van der Waals surface area contributed by atoms with Gasteiger partial charge in [-0.1, -0.05) is 36.4 Å². The summed E-state index contributed by atoms with van der Waals surface area (Å²) in [4.78, 5) is 44.9. The highest BCUT2D eigenvalue weighted by Crippen LogP contribution is 2.42. The minimum atomic E-state index is -1.63. The lowest BCUT2D eigenvalue weighted by molar-refractivity contribution is -0.135. The van der Waals surface area contributed by atoms with Gasteiger partial charge in [-0.2, -0.15) is 0 Å². The van der Waals surface area contributed by atoms with E-state index in [1.807, 2.05) is 30.3 Å². The third-order valence-corrected chi connectivity index (χ3v) is 7.82. The van der Waals surface area contributed by atoms with Crippen LogP contribution < -0.4 is 5.32 Å². The quantitative estimate of drug-likeness (QED) is 0.516. The van der Waals surface area contributed by atoms with Gasteiger partial charge in [-0.05, 0) is 38.8 Å². The lowest BCUT2D eigenvalue weighted by Gasteiger charge is -2.50. The largest absolute Gasteiger partial charge is 0.488 e. The number of amides is 3. The van der Waals surface area contributed by atoms with Crippen LogP contribution in [0.15, 0.2) is 71.8 Å². The Morgan fingerprint density at radius 1 is 1.11 bits per heavy atom. The van der Waals surface area contributed by atoms with E-state index in [9.17, 15) is 28.3 Å². The predicted molar refractivity (Wildman–Crippen MR) is 155 cm³/mol. The number of likely N-dealkylation sites (tertiary alicyclic amines) is 1. The first kappa shape index (κ1) is 31.0. The van der Waals surface area contributed by atoms with E-state index in [1.165, 1.54) is 17.2 Å². The molecular formula is C32H36F2N4O6. The molecule has 2 aromatic carbocycles. The summed E-state index contributed by atoms with van der Waals surface area (Å²) in [6.45, 7) is 5.80. The molecule has 0 radical (unpaired) electrons. The van der Waals surface area contributed by atoms with Crippen molar-refractivity contribution in [2.24, 2.45) is 0 Å². The number of nitrogens with one attached hydrogen (secondary N) is 1. The number of halogens is 2. The minimum absolute atomic E-state index is 0.00823. The van der Waals surface area contributed by atoms with Crippen LogP contribution in [0.4, 0.5) is 13.6 Å². The third kappa shape index (κ3) is 6.26. The van der Waals surface area contributed by atoms with Gasteiger partial charge in [-0.3, -0.25) is 9.59 Å². The van der Waals surface area contributed by atoms with Crippen LogP contribution in [0.5, 0.6) is 0 Å². The second kappa shape index (κ2) is 11.9. The van der Waals surface area contributed by atoms with E-state index in [0.717, 1.165) is 17.7 Å². The summed E-state index contributed by atoms with van der Waals surface area (Å²) in [5, 5.41) is 14.1. The Kier molecular flexibility index (Phi) is 8.39. The zero-order valence-electron chi connectivity index (χ0n) is 25.1. The summed E-state index contributed by atoms with van der Waals surface area (Å²) in [6, 6.07) is 12.2. The summed E-state index contributed by atoms with van der Waals surface area (Å²) in [6.07, 6.45) is -0.282. The number of benzene rings is 2. The van der Waals surface area contributed by atoms with Gasteiger partial charge in [0.2, 0.25) is 0 Å². The molecule has 1 spiro atoms.